The van der Waals surface area contributed by atoms with E-state index in [0.717, 1.165) is 40.5 Å². The number of anilines is 1. The Labute approximate surface area is 217 Å². The Kier molecular flexibility index (Phi) is 8.91. The Hall–Kier alpha value is -3.08. The minimum absolute atomic E-state index is 0. The van der Waals surface area contributed by atoms with Crippen LogP contribution in [0.25, 0.3) is 5.69 Å². The zero-order valence-electron chi connectivity index (χ0n) is 19.7. The molecule has 2 aromatic carbocycles. The molecule has 4 rings (SSSR count). The Morgan fingerprint density at radius 3 is 2.56 bits per heavy atom. The van der Waals surface area contributed by atoms with Crippen molar-refractivity contribution in [3.05, 3.63) is 71.5 Å². The van der Waals surface area contributed by atoms with Crippen LogP contribution in [0.1, 0.15) is 23.4 Å². The summed E-state index contributed by atoms with van der Waals surface area (Å²) in [5.74, 6) is 1.45. The van der Waals surface area contributed by atoms with Crippen molar-refractivity contribution in [2.24, 2.45) is 4.99 Å². The van der Waals surface area contributed by atoms with E-state index in [9.17, 15) is 4.79 Å². The summed E-state index contributed by atoms with van der Waals surface area (Å²) in [4.78, 5) is 18.4. The zero-order valence-corrected chi connectivity index (χ0v) is 22.1. The molecule has 1 amide bonds. The van der Waals surface area contributed by atoms with Crippen molar-refractivity contribution in [2.45, 2.75) is 26.8 Å². The number of aryl methyl sites for hydroxylation is 2. The second-order valence-corrected chi connectivity index (χ2v) is 7.98. The van der Waals surface area contributed by atoms with Gasteiger partial charge < -0.3 is 20.3 Å². The molecule has 0 spiro atoms. The fourth-order valence-electron chi connectivity index (χ4n) is 3.98. The molecule has 0 saturated heterocycles. The molecule has 0 bridgehead atoms. The van der Waals surface area contributed by atoms with Gasteiger partial charge in [-0.3, -0.25) is 9.79 Å². The molecule has 0 radical (unpaired) electrons. The molecule has 1 aliphatic heterocycles. The number of carbonyl (C=O) groups excluding carboxylic acids is 1. The van der Waals surface area contributed by atoms with Gasteiger partial charge in [0.25, 0.3) is 5.91 Å². The number of nitrogens with one attached hydrogen (secondary N) is 2. The maximum atomic E-state index is 12.3. The number of para-hydroxylation sites is 3. The number of hydrogen-bond donors (Lipinski definition) is 2. The molecule has 0 atom stereocenters. The molecule has 2 heterocycles. The predicted molar refractivity (Wildman–Crippen MR) is 146 cm³/mol. The van der Waals surface area contributed by atoms with Gasteiger partial charge in [-0.1, -0.05) is 30.3 Å². The van der Waals surface area contributed by atoms with E-state index in [1.807, 2.05) is 48.0 Å². The molecular formula is C25H31IN6O2. The lowest BCUT2D eigenvalue weighted by atomic mass is 10.1. The fourth-order valence-corrected chi connectivity index (χ4v) is 3.98. The highest BCUT2D eigenvalue weighted by molar-refractivity contribution is 14.0. The van der Waals surface area contributed by atoms with Crippen molar-refractivity contribution in [3.63, 3.8) is 0 Å². The van der Waals surface area contributed by atoms with E-state index >= 15 is 0 Å². The second kappa shape index (κ2) is 11.9. The van der Waals surface area contributed by atoms with Crippen LogP contribution in [0.5, 0.6) is 5.75 Å². The minimum atomic E-state index is -0.0167. The number of ether oxygens (including phenoxy) is 1. The Morgan fingerprint density at radius 1 is 1.09 bits per heavy atom. The largest absolute Gasteiger partial charge is 0.482 e. The number of halogens is 1. The van der Waals surface area contributed by atoms with E-state index in [2.05, 4.69) is 45.8 Å². The average molecular weight is 574 g/mol. The summed E-state index contributed by atoms with van der Waals surface area (Å²) in [5, 5.41) is 11.3. The number of rotatable bonds is 7. The smallest absolute Gasteiger partial charge is 0.265 e. The molecule has 0 aliphatic carbocycles. The molecule has 3 aromatic rings. The van der Waals surface area contributed by atoms with Crippen molar-refractivity contribution in [2.75, 3.05) is 31.6 Å². The number of guanidine groups is 1. The number of nitrogens with zero attached hydrogens (tertiary/aromatic N) is 4. The molecular weight excluding hydrogens is 543 g/mol. The van der Waals surface area contributed by atoms with E-state index in [1.54, 1.807) is 11.9 Å². The van der Waals surface area contributed by atoms with Gasteiger partial charge in [0, 0.05) is 32.4 Å². The molecule has 1 aliphatic rings. The van der Waals surface area contributed by atoms with E-state index < -0.39 is 0 Å². The van der Waals surface area contributed by atoms with Crippen LogP contribution in [-0.4, -0.2) is 48.4 Å². The summed E-state index contributed by atoms with van der Waals surface area (Å²) < 4.78 is 7.48. The van der Waals surface area contributed by atoms with Crippen LogP contribution in [0, 0.1) is 13.8 Å². The Morgan fingerprint density at radius 2 is 1.82 bits per heavy atom. The summed E-state index contributed by atoms with van der Waals surface area (Å²) in [5.41, 5.74) is 5.10. The minimum Gasteiger partial charge on any atom is -0.482 e. The summed E-state index contributed by atoms with van der Waals surface area (Å²) in [7, 11) is 1.75. The van der Waals surface area contributed by atoms with Gasteiger partial charge in [0.05, 0.1) is 17.1 Å². The summed E-state index contributed by atoms with van der Waals surface area (Å²) >= 11 is 0. The third-order valence-corrected chi connectivity index (χ3v) is 5.56. The monoisotopic (exact) mass is 574 g/mol. The number of benzene rings is 2. The van der Waals surface area contributed by atoms with Gasteiger partial charge in [-0.2, -0.15) is 5.10 Å². The lowest BCUT2D eigenvalue weighted by Gasteiger charge is -2.29. The third-order valence-electron chi connectivity index (χ3n) is 5.56. The van der Waals surface area contributed by atoms with Crippen molar-refractivity contribution < 1.29 is 9.53 Å². The van der Waals surface area contributed by atoms with Crippen molar-refractivity contribution in [1.29, 1.82) is 0 Å². The standard InChI is InChI=1S/C25H30N6O2.HI/c1-18-15-19(2)31(29-18)21-10-5-4-9-20(21)16-28-25(26-3)27-13-8-14-30-22-11-6-7-12-23(22)33-17-24(30)32;/h4-7,9-12,15H,8,13-14,16-17H2,1-3H3,(H2,26,27,28);1H. The highest BCUT2D eigenvalue weighted by Gasteiger charge is 2.24. The highest BCUT2D eigenvalue weighted by Crippen LogP contribution is 2.31. The molecule has 180 valence electrons. The second-order valence-electron chi connectivity index (χ2n) is 7.98. The lowest BCUT2D eigenvalue weighted by molar-refractivity contribution is -0.121. The number of carbonyl (C=O) groups is 1. The van der Waals surface area contributed by atoms with Crippen molar-refractivity contribution in [1.82, 2.24) is 20.4 Å². The molecule has 0 saturated carbocycles. The number of fused-ring (bicyclic) bond motifs is 1. The first kappa shape index (κ1) is 25.5. The Bertz CT molecular complexity index is 1160. The quantitative estimate of drug-likeness (QED) is 0.195. The molecule has 0 unspecified atom stereocenters. The van der Waals surface area contributed by atoms with E-state index in [0.29, 0.717) is 25.6 Å². The SMILES string of the molecule is CN=C(NCCCN1C(=O)COc2ccccc21)NCc1ccccc1-n1nc(C)cc1C.I. The predicted octanol–water partition coefficient (Wildman–Crippen LogP) is 3.59. The van der Waals surface area contributed by atoms with Gasteiger partial charge in [0.15, 0.2) is 12.6 Å². The third kappa shape index (κ3) is 5.88. The zero-order chi connectivity index (χ0) is 23.2. The first-order valence-electron chi connectivity index (χ1n) is 11.1. The average Bonchev–Trinajstić information content (AvgIpc) is 3.17. The number of hydrogen-bond acceptors (Lipinski definition) is 4. The van der Waals surface area contributed by atoms with Crippen LogP contribution < -0.4 is 20.3 Å². The van der Waals surface area contributed by atoms with Crippen LogP contribution in [0.15, 0.2) is 59.6 Å². The van der Waals surface area contributed by atoms with Crippen molar-refractivity contribution in [3.8, 4) is 11.4 Å². The van der Waals surface area contributed by atoms with Gasteiger partial charge in [-0.05, 0) is 50.1 Å². The molecule has 9 heteroatoms. The van der Waals surface area contributed by atoms with Gasteiger partial charge in [-0.25, -0.2) is 4.68 Å². The summed E-state index contributed by atoms with van der Waals surface area (Å²) in [6.45, 7) is 6.06. The maximum absolute atomic E-state index is 12.3. The normalized spacial score (nSPS) is 13.1. The van der Waals surface area contributed by atoms with Gasteiger partial charge in [0.2, 0.25) is 0 Å². The topological polar surface area (TPSA) is 83.8 Å². The van der Waals surface area contributed by atoms with Gasteiger partial charge in [0.1, 0.15) is 5.75 Å². The van der Waals surface area contributed by atoms with Crippen LogP contribution in [-0.2, 0) is 11.3 Å². The van der Waals surface area contributed by atoms with E-state index in [1.165, 1.54) is 0 Å². The first-order valence-corrected chi connectivity index (χ1v) is 11.1. The molecule has 2 N–H and O–H groups in total. The summed E-state index contributed by atoms with van der Waals surface area (Å²) in [6, 6.07) is 17.9. The summed E-state index contributed by atoms with van der Waals surface area (Å²) in [6.07, 6.45) is 0.781. The van der Waals surface area contributed by atoms with Crippen molar-refractivity contribution >= 4 is 41.5 Å². The Balaban J connectivity index is 0.00000324. The van der Waals surface area contributed by atoms with E-state index in [4.69, 9.17) is 4.74 Å². The van der Waals surface area contributed by atoms with Crippen LogP contribution in [0.4, 0.5) is 5.69 Å². The van der Waals surface area contributed by atoms with E-state index in [-0.39, 0.29) is 36.5 Å². The number of aromatic nitrogens is 2. The molecule has 0 fully saturated rings. The highest BCUT2D eigenvalue weighted by atomic mass is 127. The van der Waals surface area contributed by atoms with Gasteiger partial charge >= 0.3 is 0 Å². The molecule has 8 nitrogen and oxygen atoms in total. The van der Waals surface area contributed by atoms with Crippen LogP contribution in [0.2, 0.25) is 0 Å². The van der Waals surface area contributed by atoms with Crippen LogP contribution in [0.3, 0.4) is 0 Å². The maximum Gasteiger partial charge on any atom is 0.265 e. The molecule has 34 heavy (non-hydrogen) atoms. The fraction of sp³-hybridized carbons (Fsp3) is 0.320. The first-order chi connectivity index (χ1) is 16.1. The lowest BCUT2D eigenvalue weighted by Crippen LogP contribution is -2.42. The van der Waals surface area contributed by atoms with Crippen LogP contribution >= 0.6 is 24.0 Å². The number of aliphatic imine (C=N–C) groups is 1. The molecule has 1 aromatic heterocycles. The number of amides is 1. The van der Waals surface area contributed by atoms with Gasteiger partial charge in [-0.15, -0.1) is 24.0 Å².